The van der Waals surface area contributed by atoms with Gasteiger partial charge in [-0.3, -0.25) is 0 Å². The number of fused-ring (bicyclic) bond motifs is 12. The van der Waals surface area contributed by atoms with Gasteiger partial charge >= 0.3 is 0 Å². The first-order chi connectivity index (χ1) is 63.7. The van der Waals surface area contributed by atoms with E-state index in [2.05, 4.69) is 463 Å². The number of hydrogen-bond donors (Lipinski definition) is 0. The second kappa shape index (κ2) is 34.2. The summed E-state index contributed by atoms with van der Waals surface area (Å²) in [6, 6.07) is 164. The van der Waals surface area contributed by atoms with Gasteiger partial charge in [0.15, 0.2) is 0 Å². The molecule has 0 unspecified atom stereocenters. The van der Waals surface area contributed by atoms with Crippen LogP contribution in [0, 0.1) is 13.8 Å². The van der Waals surface area contributed by atoms with Gasteiger partial charge in [-0.05, 0) is 323 Å². The van der Waals surface area contributed by atoms with Gasteiger partial charge in [-0.15, -0.1) is 0 Å². The third-order valence-corrected chi connectivity index (χ3v) is 26.6. The van der Waals surface area contributed by atoms with E-state index in [0.717, 1.165) is 30.8 Å². The Hall–Kier alpha value is -16.0. The van der Waals surface area contributed by atoms with Crippen LogP contribution < -0.4 is 9.47 Å². The van der Waals surface area contributed by atoms with E-state index >= 15 is 0 Å². The first-order valence-corrected chi connectivity index (χ1v) is 44.8. The predicted molar refractivity (Wildman–Crippen MR) is 552 cm³/mol. The number of ether oxygens (including phenoxy) is 2. The van der Waals surface area contributed by atoms with E-state index in [9.17, 15) is 0 Å². The molecule has 24 rings (SSSR count). The van der Waals surface area contributed by atoms with Crippen molar-refractivity contribution in [3.05, 3.63) is 493 Å². The van der Waals surface area contributed by atoms with Crippen molar-refractivity contribution in [2.75, 3.05) is 14.2 Å². The summed E-state index contributed by atoms with van der Waals surface area (Å²) in [5.41, 5.74) is 25.7. The summed E-state index contributed by atoms with van der Waals surface area (Å²) in [4.78, 5) is 0. The molecular formula is C127H92O2. The van der Waals surface area contributed by atoms with Gasteiger partial charge in [0.1, 0.15) is 11.5 Å². The topological polar surface area (TPSA) is 18.5 Å². The molecule has 24 aromatic carbocycles. The zero-order chi connectivity index (χ0) is 86.4. The van der Waals surface area contributed by atoms with Crippen molar-refractivity contribution in [3.8, 4) is 78.3 Å². The molecule has 129 heavy (non-hydrogen) atoms. The van der Waals surface area contributed by atoms with Crippen LogP contribution in [0.4, 0.5) is 0 Å². The molecule has 0 aromatic heterocycles. The molecule has 0 aliphatic rings. The lowest BCUT2D eigenvalue weighted by Gasteiger charge is -2.21. The molecule has 0 spiro atoms. The second-order valence-electron chi connectivity index (χ2n) is 34.4. The molecule has 2 heteroatoms. The van der Waals surface area contributed by atoms with Crippen molar-refractivity contribution >= 4 is 129 Å². The highest BCUT2D eigenvalue weighted by atomic mass is 16.5. The lowest BCUT2D eigenvalue weighted by molar-refractivity contribution is 0.415. The largest absolute Gasteiger partial charge is 0.497 e. The van der Waals surface area contributed by atoms with E-state index in [0.29, 0.717) is 0 Å². The Morgan fingerprint density at radius 3 is 0.659 bits per heavy atom. The van der Waals surface area contributed by atoms with Gasteiger partial charge in [0.05, 0.1) is 14.2 Å². The molecule has 0 heterocycles. The standard InChI is InChI=1S/C43H32O2.C43H32.C41H28/c1-44-35-21-17-28(18-22-35)41-37-14-5-6-15-38(37)42(29-19-23-36(45-2)24-20-29)43-34(13-8-16-39(41)43)26-33-12-7-11-32-25-30-9-3-4-10-31(30)27-40(32)33;1-28-17-21-30(22-18-28)41-37-14-5-6-15-38(37)42(31-23-19-29(2)20-24-31)43-36(13-8-16-39(41)43)26-35-12-7-11-34-25-32-9-3-4-10-33(32)27-40(34)35;1-3-13-28(14-4-1)39-35-22-9-10-23-36(35)40(29-15-5-2-6-16-29)41-34(21-12-24-37(39)41)26-33-20-11-19-32-25-30-17-7-8-18-31(30)27-38(32)33/h3-25,27H,26H2,1-2H3;3-25,27H,26H2,1-2H3;1-25,27H,26H2. The van der Waals surface area contributed by atoms with E-state index in [1.165, 1.54) is 241 Å². The second-order valence-corrected chi connectivity index (χ2v) is 34.4. The molecule has 612 valence electrons. The SMILES string of the molecule is COc1ccc(-c2c3ccccc3c(-c3ccc(OC)cc3)c3c(Cc4cccc5cc6ccccc6cc45)cccc23)cc1.Cc1ccc(-c2c3ccccc3c(-c3ccc(C)cc3)c3c(Cc4cccc5cc6ccccc6cc45)cccc23)cc1.c1ccc(-c2c3ccccc3c(-c3ccccc3)c3c(Cc4cccc5cc6ccccc6cc45)cccc23)cc1. The highest BCUT2D eigenvalue weighted by Crippen LogP contribution is 2.51. The van der Waals surface area contributed by atoms with Crippen molar-refractivity contribution in [1.82, 2.24) is 0 Å². The van der Waals surface area contributed by atoms with E-state index in [1.54, 1.807) is 14.2 Å². The first kappa shape index (κ1) is 78.9. The Balaban J connectivity index is 0.000000114. The fourth-order valence-electron chi connectivity index (χ4n) is 20.5. The molecule has 24 aromatic rings. The molecule has 0 aliphatic carbocycles. The average Bonchev–Trinajstić information content (AvgIpc) is 0.759. The summed E-state index contributed by atoms with van der Waals surface area (Å²) in [5.74, 6) is 1.71. The normalized spacial score (nSPS) is 11.5. The maximum atomic E-state index is 5.54. The molecule has 0 bridgehead atoms. The lowest BCUT2D eigenvalue weighted by atomic mass is 9.82. The molecular weight excluding hydrogens is 1560 g/mol. The Morgan fingerprint density at radius 2 is 0.364 bits per heavy atom. The zero-order valence-electron chi connectivity index (χ0n) is 72.7. The summed E-state index contributed by atoms with van der Waals surface area (Å²) >= 11 is 0. The van der Waals surface area contributed by atoms with Crippen LogP contribution in [0.3, 0.4) is 0 Å². The minimum Gasteiger partial charge on any atom is -0.497 e. The highest BCUT2D eigenvalue weighted by molar-refractivity contribution is 6.26. The monoisotopic (exact) mass is 1650 g/mol. The van der Waals surface area contributed by atoms with Crippen molar-refractivity contribution < 1.29 is 9.47 Å². The van der Waals surface area contributed by atoms with Crippen LogP contribution >= 0.6 is 0 Å². The minimum absolute atomic E-state index is 0.816. The van der Waals surface area contributed by atoms with Crippen LogP contribution in [0.2, 0.25) is 0 Å². The quantitative estimate of drug-likeness (QED) is 0.101. The van der Waals surface area contributed by atoms with Crippen LogP contribution in [0.5, 0.6) is 11.5 Å². The van der Waals surface area contributed by atoms with Gasteiger partial charge in [0.25, 0.3) is 0 Å². The molecule has 0 saturated carbocycles. The van der Waals surface area contributed by atoms with Gasteiger partial charge in [0.2, 0.25) is 0 Å². The Labute approximate surface area is 752 Å². The Kier molecular flexibility index (Phi) is 20.9. The molecule has 2 nitrogen and oxygen atoms in total. The summed E-state index contributed by atoms with van der Waals surface area (Å²) in [7, 11) is 3.43. The van der Waals surface area contributed by atoms with Gasteiger partial charge in [-0.2, -0.15) is 0 Å². The number of aryl methyl sites for hydroxylation is 2. The average molecular weight is 1650 g/mol. The summed E-state index contributed by atoms with van der Waals surface area (Å²) in [6.45, 7) is 4.32. The van der Waals surface area contributed by atoms with E-state index in [1.807, 2.05) is 0 Å². The van der Waals surface area contributed by atoms with Gasteiger partial charge < -0.3 is 9.47 Å². The van der Waals surface area contributed by atoms with Crippen LogP contribution in [-0.2, 0) is 19.3 Å². The molecule has 0 N–H and O–H groups in total. The van der Waals surface area contributed by atoms with Gasteiger partial charge in [0, 0.05) is 0 Å². The van der Waals surface area contributed by atoms with Gasteiger partial charge in [-0.1, -0.05) is 399 Å². The summed E-state index contributed by atoms with van der Waals surface area (Å²) in [6.07, 6.45) is 2.54. The molecule has 0 atom stereocenters. The van der Waals surface area contributed by atoms with Crippen LogP contribution in [0.15, 0.2) is 449 Å². The van der Waals surface area contributed by atoms with E-state index in [-0.39, 0.29) is 0 Å². The number of benzene rings is 24. The summed E-state index contributed by atoms with van der Waals surface area (Å²) in [5, 5.41) is 30.9. The zero-order valence-corrected chi connectivity index (χ0v) is 72.7. The highest BCUT2D eigenvalue weighted by Gasteiger charge is 2.25. The molecule has 0 fully saturated rings. The van der Waals surface area contributed by atoms with E-state index < -0.39 is 0 Å². The fourth-order valence-corrected chi connectivity index (χ4v) is 20.5. The third-order valence-electron chi connectivity index (χ3n) is 26.6. The number of methoxy groups -OCH3 is 2. The molecule has 0 saturated heterocycles. The smallest absolute Gasteiger partial charge is 0.118 e. The van der Waals surface area contributed by atoms with Crippen molar-refractivity contribution in [2.24, 2.45) is 0 Å². The molecule has 0 aliphatic heterocycles. The van der Waals surface area contributed by atoms with Crippen molar-refractivity contribution in [2.45, 2.75) is 33.1 Å². The maximum absolute atomic E-state index is 5.54. The Morgan fingerprint density at radius 1 is 0.155 bits per heavy atom. The maximum Gasteiger partial charge on any atom is 0.118 e. The fraction of sp³-hybridized carbons (Fsp3) is 0.0551. The predicted octanol–water partition coefficient (Wildman–Crippen LogP) is 34.3. The first-order valence-electron chi connectivity index (χ1n) is 44.8. The lowest BCUT2D eigenvalue weighted by Crippen LogP contribution is -1.97. The van der Waals surface area contributed by atoms with Crippen molar-refractivity contribution in [3.63, 3.8) is 0 Å². The van der Waals surface area contributed by atoms with Gasteiger partial charge in [-0.25, -0.2) is 0 Å². The van der Waals surface area contributed by atoms with Crippen LogP contribution in [-0.4, -0.2) is 14.2 Å². The minimum atomic E-state index is 0.816. The number of rotatable bonds is 14. The Bertz CT molecular complexity index is 8440. The van der Waals surface area contributed by atoms with Crippen molar-refractivity contribution in [1.29, 1.82) is 0 Å². The van der Waals surface area contributed by atoms with E-state index in [4.69, 9.17) is 9.47 Å². The molecule has 0 radical (unpaired) electrons. The van der Waals surface area contributed by atoms with Crippen LogP contribution in [0.1, 0.15) is 44.5 Å². The van der Waals surface area contributed by atoms with Crippen LogP contribution in [0.25, 0.3) is 196 Å². The number of hydrogen-bond acceptors (Lipinski definition) is 2. The summed E-state index contributed by atoms with van der Waals surface area (Å²) < 4.78 is 11.1. The third kappa shape index (κ3) is 14.9. The molecule has 0 amide bonds.